The van der Waals surface area contributed by atoms with Gasteiger partial charge in [0.15, 0.2) is 6.61 Å². The molecule has 1 atom stereocenters. The standard InChI is InChI=1S/C22H18N2O6/c1-14-12-16-4-2-3-5-18(16)23(14)21(25)13-29-22(26)20-11-10-19(30-20)15-6-8-17(9-7-15)24(27)28/h2-11,14H,12-13H2,1H3. The van der Waals surface area contributed by atoms with Crippen LogP contribution in [-0.2, 0) is 16.0 Å². The van der Waals surface area contributed by atoms with Crippen molar-refractivity contribution in [2.24, 2.45) is 0 Å². The van der Waals surface area contributed by atoms with Crippen molar-refractivity contribution in [2.75, 3.05) is 11.5 Å². The predicted molar refractivity (Wildman–Crippen MR) is 108 cm³/mol. The highest BCUT2D eigenvalue weighted by Gasteiger charge is 2.31. The average molecular weight is 406 g/mol. The molecule has 0 radical (unpaired) electrons. The molecule has 0 spiro atoms. The first-order valence-electron chi connectivity index (χ1n) is 9.36. The third-order valence-electron chi connectivity index (χ3n) is 4.97. The number of nitro groups is 1. The number of furan rings is 1. The van der Waals surface area contributed by atoms with Crippen molar-refractivity contribution < 1.29 is 23.7 Å². The van der Waals surface area contributed by atoms with Crippen LogP contribution < -0.4 is 4.90 Å². The molecule has 3 aromatic rings. The summed E-state index contributed by atoms with van der Waals surface area (Å²) in [4.78, 5) is 36.8. The van der Waals surface area contributed by atoms with Gasteiger partial charge in [0, 0.05) is 29.4 Å². The lowest BCUT2D eigenvalue weighted by molar-refractivity contribution is -0.384. The summed E-state index contributed by atoms with van der Waals surface area (Å²) < 4.78 is 10.6. The van der Waals surface area contributed by atoms with Crippen LogP contribution in [0.25, 0.3) is 11.3 Å². The van der Waals surface area contributed by atoms with Crippen LogP contribution in [0.2, 0.25) is 0 Å². The number of carbonyl (C=O) groups excluding carboxylic acids is 2. The largest absolute Gasteiger partial charge is 0.450 e. The Balaban J connectivity index is 1.40. The summed E-state index contributed by atoms with van der Waals surface area (Å²) in [7, 11) is 0. The Morgan fingerprint density at radius 3 is 2.60 bits per heavy atom. The molecule has 4 rings (SSSR count). The Morgan fingerprint density at radius 1 is 1.13 bits per heavy atom. The SMILES string of the molecule is CC1Cc2ccccc2N1C(=O)COC(=O)c1ccc(-c2ccc([N+](=O)[O-])cc2)o1. The highest BCUT2D eigenvalue weighted by atomic mass is 16.6. The van der Waals surface area contributed by atoms with Crippen molar-refractivity contribution in [2.45, 2.75) is 19.4 Å². The van der Waals surface area contributed by atoms with Gasteiger partial charge in [-0.15, -0.1) is 0 Å². The number of anilines is 1. The maximum Gasteiger partial charge on any atom is 0.374 e. The quantitative estimate of drug-likeness (QED) is 0.361. The zero-order chi connectivity index (χ0) is 21.3. The number of ether oxygens (including phenoxy) is 1. The highest BCUT2D eigenvalue weighted by molar-refractivity contribution is 5.98. The van der Waals surface area contributed by atoms with Crippen LogP contribution in [0.1, 0.15) is 23.0 Å². The van der Waals surface area contributed by atoms with Gasteiger partial charge < -0.3 is 14.1 Å². The summed E-state index contributed by atoms with van der Waals surface area (Å²) >= 11 is 0. The molecule has 0 bridgehead atoms. The molecular weight excluding hydrogens is 388 g/mol. The summed E-state index contributed by atoms with van der Waals surface area (Å²) in [6.45, 7) is 1.55. The van der Waals surface area contributed by atoms with Gasteiger partial charge in [-0.25, -0.2) is 4.79 Å². The lowest BCUT2D eigenvalue weighted by atomic mass is 10.1. The van der Waals surface area contributed by atoms with Crippen molar-refractivity contribution in [3.05, 3.63) is 82.1 Å². The second-order valence-electron chi connectivity index (χ2n) is 6.99. The minimum absolute atomic E-state index is 0.00838. The first-order chi connectivity index (χ1) is 14.4. The van der Waals surface area contributed by atoms with E-state index < -0.39 is 17.5 Å². The van der Waals surface area contributed by atoms with Crippen LogP contribution in [-0.4, -0.2) is 29.4 Å². The third kappa shape index (κ3) is 3.67. The lowest BCUT2D eigenvalue weighted by Crippen LogP contribution is -2.38. The molecule has 1 unspecified atom stereocenters. The molecular formula is C22H18N2O6. The van der Waals surface area contributed by atoms with Gasteiger partial charge >= 0.3 is 5.97 Å². The highest BCUT2D eigenvalue weighted by Crippen LogP contribution is 2.32. The van der Waals surface area contributed by atoms with Gasteiger partial charge in [0.1, 0.15) is 5.76 Å². The molecule has 1 aromatic heterocycles. The smallest absolute Gasteiger partial charge is 0.374 e. The van der Waals surface area contributed by atoms with E-state index in [-0.39, 0.29) is 23.4 Å². The number of non-ortho nitro benzene ring substituents is 1. The molecule has 152 valence electrons. The molecule has 1 amide bonds. The Morgan fingerprint density at radius 2 is 1.87 bits per heavy atom. The first kappa shape index (κ1) is 19.4. The fraction of sp³-hybridized carbons (Fsp3) is 0.182. The molecule has 30 heavy (non-hydrogen) atoms. The monoisotopic (exact) mass is 406 g/mol. The lowest BCUT2D eigenvalue weighted by Gasteiger charge is -2.22. The summed E-state index contributed by atoms with van der Waals surface area (Å²) in [6, 6.07) is 16.4. The summed E-state index contributed by atoms with van der Waals surface area (Å²) in [6.07, 6.45) is 0.757. The number of rotatable bonds is 5. The number of esters is 1. The molecule has 0 N–H and O–H groups in total. The molecule has 1 aliphatic rings. The number of benzene rings is 2. The van der Waals surface area contributed by atoms with E-state index in [2.05, 4.69) is 0 Å². The van der Waals surface area contributed by atoms with Gasteiger partial charge in [-0.1, -0.05) is 18.2 Å². The van der Waals surface area contributed by atoms with Crippen LogP contribution >= 0.6 is 0 Å². The van der Waals surface area contributed by atoms with Gasteiger partial charge in [0.05, 0.1) is 4.92 Å². The predicted octanol–water partition coefficient (Wildman–Crippen LogP) is 3.99. The van der Waals surface area contributed by atoms with Gasteiger partial charge in [0.25, 0.3) is 11.6 Å². The van der Waals surface area contributed by atoms with Crippen molar-refractivity contribution in [3.63, 3.8) is 0 Å². The molecule has 8 nitrogen and oxygen atoms in total. The van der Waals surface area contributed by atoms with E-state index in [4.69, 9.17) is 9.15 Å². The minimum atomic E-state index is -0.753. The molecule has 0 saturated heterocycles. The number of hydrogen-bond acceptors (Lipinski definition) is 6. The van der Waals surface area contributed by atoms with Crippen molar-refractivity contribution in [1.82, 2.24) is 0 Å². The Kier molecular flexibility index (Phi) is 5.05. The summed E-state index contributed by atoms with van der Waals surface area (Å²) in [5, 5.41) is 10.7. The number of nitrogens with zero attached hydrogens (tertiary/aromatic N) is 2. The van der Waals surface area contributed by atoms with E-state index in [0.717, 1.165) is 17.7 Å². The number of amides is 1. The van der Waals surface area contributed by atoms with E-state index in [0.29, 0.717) is 11.3 Å². The minimum Gasteiger partial charge on any atom is -0.450 e. The Hall–Kier alpha value is -3.94. The van der Waals surface area contributed by atoms with E-state index in [9.17, 15) is 19.7 Å². The maximum absolute atomic E-state index is 12.6. The molecule has 0 aliphatic carbocycles. The van der Waals surface area contributed by atoms with Gasteiger partial charge in [-0.2, -0.15) is 0 Å². The third-order valence-corrected chi connectivity index (χ3v) is 4.97. The molecule has 1 aliphatic heterocycles. The normalized spacial score (nSPS) is 15.0. The van der Waals surface area contributed by atoms with E-state index in [1.54, 1.807) is 11.0 Å². The van der Waals surface area contributed by atoms with Crippen LogP contribution in [0.4, 0.5) is 11.4 Å². The van der Waals surface area contributed by atoms with E-state index in [1.807, 2.05) is 31.2 Å². The fourth-order valence-electron chi connectivity index (χ4n) is 3.56. The molecule has 0 fully saturated rings. The second-order valence-corrected chi connectivity index (χ2v) is 6.99. The zero-order valence-electron chi connectivity index (χ0n) is 16.1. The molecule has 2 heterocycles. The summed E-state index contributed by atoms with van der Waals surface area (Å²) in [5.41, 5.74) is 2.47. The van der Waals surface area contributed by atoms with Crippen molar-refractivity contribution in [1.29, 1.82) is 0 Å². The second kappa shape index (κ2) is 7.82. The van der Waals surface area contributed by atoms with Crippen molar-refractivity contribution in [3.8, 4) is 11.3 Å². The topological polar surface area (TPSA) is 103 Å². The van der Waals surface area contributed by atoms with Crippen LogP contribution in [0.3, 0.4) is 0 Å². The molecule has 2 aromatic carbocycles. The van der Waals surface area contributed by atoms with Gasteiger partial charge in [-0.3, -0.25) is 14.9 Å². The van der Waals surface area contributed by atoms with Crippen molar-refractivity contribution >= 4 is 23.3 Å². The Bertz CT molecular complexity index is 1120. The molecule has 8 heteroatoms. The number of nitro benzene ring substituents is 1. The number of carbonyl (C=O) groups is 2. The first-order valence-corrected chi connectivity index (χ1v) is 9.36. The van der Waals surface area contributed by atoms with Gasteiger partial charge in [-0.05, 0) is 49.2 Å². The average Bonchev–Trinajstić information content (AvgIpc) is 3.36. The fourth-order valence-corrected chi connectivity index (χ4v) is 3.56. The zero-order valence-corrected chi connectivity index (χ0v) is 16.1. The van der Waals surface area contributed by atoms with E-state index >= 15 is 0 Å². The van der Waals surface area contributed by atoms with E-state index in [1.165, 1.54) is 30.3 Å². The van der Waals surface area contributed by atoms with Gasteiger partial charge in [0.2, 0.25) is 5.76 Å². The number of para-hydroxylation sites is 1. The number of fused-ring (bicyclic) bond motifs is 1. The van der Waals surface area contributed by atoms with Crippen LogP contribution in [0, 0.1) is 10.1 Å². The maximum atomic E-state index is 12.6. The number of hydrogen-bond donors (Lipinski definition) is 0. The Labute approximate surface area is 171 Å². The molecule has 0 saturated carbocycles. The van der Waals surface area contributed by atoms with Crippen LogP contribution in [0.15, 0.2) is 65.1 Å². The summed E-state index contributed by atoms with van der Waals surface area (Å²) in [5.74, 6) is -0.740. The van der Waals surface area contributed by atoms with Crippen LogP contribution in [0.5, 0.6) is 0 Å².